The highest BCUT2D eigenvalue weighted by molar-refractivity contribution is 7.94. The van der Waals surface area contributed by atoms with Crippen LogP contribution in [-0.4, -0.2) is 28.7 Å². The Labute approximate surface area is 135 Å². The van der Waals surface area contributed by atoms with E-state index in [9.17, 15) is 16.8 Å². The molecule has 1 aliphatic heterocycles. The minimum Gasteiger partial charge on any atom is -0.258 e. The van der Waals surface area contributed by atoms with Crippen molar-refractivity contribution in [2.24, 2.45) is 0 Å². The van der Waals surface area contributed by atoms with E-state index in [1.165, 1.54) is 18.2 Å². The zero-order chi connectivity index (χ0) is 16.5. The van der Waals surface area contributed by atoms with Crippen LogP contribution in [0.25, 0.3) is 11.1 Å². The minimum atomic E-state index is -4.01. The average molecular weight is 350 g/mol. The van der Waals surface area contributed by atoms with E-state index in [-0.39, 0.29) is 10.6 Å². The van der Waals surface area contributed by atoms with Crippen molar-refractivity contribution in [2.45, 2.75) is 11.0 Å². The molecule has 1 atom stereocenters. The largest absolute Gasteiger partial charge is 0.297 e. The molecule has 23 heavy (non-hydrogen) atoms. The van der Waals surface area contributed by atoms with E-state index < -0.39 is 26.1 Å². The molecule has 1 unspecified atom stereocenters. The van der Waals surface area contributed by atoms with Gasteiger partial charge in [0.15, 0.2) is 9.84 Å². The predicted molar refractivity (Wildman–Crippen MR) is 86.9 cm³/mol. The quantitative estimate of drug-likeness (QED) is 0.791. The Bertz CT molecular complexity index is 928. The highest BCUT2D eigenvalue weighted by Crippen LogP contribution is 2.23. The molecule has 1 heterocycles. The summed E-state index contributed by atoms with van der Waals surface area (Å²) >= 11 is 0. The molecule has 0 amide bonds. The first-order valence-electron chi connectivity index (χ1n) is 6.85. The number of hydrogen-bond acceptors (Lipinski definition) is 5. The van der Waals surface area contributed by atoms with Crippen LogP contribution >= 0.6 is 0 Å². The van der Waals surface area contributed by atoms with E-state index in [0.29, 0.717) is 0 Å². The van der Waals surface area contributed by atoms with Crippen molar-refractivity contribution in [3.63, 3.8) is 0 Å². The van der Waals surface area contributed by atoms with Crippen LogP contribution < -0.4 is 0 Å². The molecular weight excluding hydrogens is 336 g/mol. The van der Waals surface area contributed by atoms with Crippen molar-refractivity contribution in [3.8, 4) is 11.1 Å². The molecule has 2 aromatic rings. The SMILES string of the molecule is O=S1(=O)C=CC(OS(=O)(=O)c2ccc(-c3ccccc3)cc2)C1. The maximum absolute atomic E-state index is 12.2. The van der Waals surface area contributed by atoms with Gasteiger partial charge in [-0.05, 0) is 29.3 Å². The van der Waals surface area contributed by atoms with E-state index in [0.717, 1.165) is 16.5 Å². The second-order valence-electron chi connectivity index (χ2n) is 5.14. The normalized spacial score (nSPS) is 19.7. The van der Waals surface area contributed by atoms with Crippen molar-refractivity contribution in [1.82, 2.24) is 0 Å². The molecule has 0 N–H and O–H groups in total. The topological polar surface area (TPSA) is 77.5 Å². The summed E-state index contributed by atoms with van der Waals surface area (Å²) in [5, 5.41) is 0.978. The Kier molecular flexibility index (Phi) is 4.09. The molecule has 7 heteroatoms. The van der Waals surface area contributed by atoms with Crippen molar-refractivity contribution in [3.05, 3.63) is 66.1 Å². The molecule has 3 rings (SSSR count). The standard InChI is InChI=1S/C16H14O5S2/c17-22(18)11-10-15(12-22)21-23(19,20)16-8-6-14(7-9-16)13-4-2-1-3-5-13/h1-11,15H,12H2. The van der Waals surface area contributed by atoms with Crippen molar-refractivity contribution in [2.75, 3.05) is 5.75 Å². The van der Waals surface area contributed by atoms with Gasteiger partial charge in [0.2, 0.25) is 0 Å². The predicted octanol–water partition coefficient (Wildman–Crippen LogP) is 2.37. The van der Waals surface area contributed by atoms with E-state index in [1.807, 2.05) is 30.3 Å². The molecule has 2 aromatic carbocycles. The molecule has 0 saturated heterocycles. The van der Waals surface area contributed by atoms with Gasteiger partial charge in [-0.3, -0.25) is 4.18 Å². The highest BCUT2D eigenvalue weighted by Gasteiger charge is 2.28. The summed E-state index contributed by atoms with van der Waals surface area (Å²) in [6.07, 6.45) is 0.268. The van der Waals surface area contributed by atoms with Gasteiger partial charge in [0, 0.05) is 5.41 Å². The van der Waals surface area contributed by atoms with Crippen LogP contribution in [0, 0.1) is 0 Å². The van der Waals surface area contributed by atoms with E-state index in [4.69, 9.17) is 4.18 Å². The number of benzene rings is 2. The fraction of sp³-hybridized carbons (Fsp3) is 0.125. The van der Waals surface area contributed by atoms with E-state index in [1.54, 1.807) is 12.1 Å². The Morgan fingerprint density at radius 1 is 0.913 bits per heavy atom. The molecule has 0 spiro atoms. The molecule has 0 saturated carbocycles. The molecule has 0 aromatic heterocycles. The molecule has 0 bridgehead atoms. The first-order valence-corrected chi connectivity index (χ1v) is 9.98. The van der Waals surface area contributed by atoms with Gasteiger partial charge in [-0.1, -0.05) is 42.5 Å². The smallest absolute Gasteiger partial charge is 0.258 e. The summed E-state index contributed by atoms with van der Waals surface area (Å²) in [6.45, 7) is 0. The van der Waals surface area contributed by atoms with Crippen LogP contribution in [0.4, 0.5) is 0 Å². The number of rotatable bonds is 4. The van der Waals surface area contributed by atoms with E-state index >= 15 is 0 Å². The fourth-order valence-electron chi connectivity index (χ4n) is 2.27. The molecule has 0 aliphatic carbocycles. The Hall–Kier alpha value is -1.96. The summed E-state index contributed by atoms with van der Waals surface area (Å²) in [6, 6.07) is 15.8. The monoisotopic (exact) mass is 350 g/mol. The van der Waals surface area contributed by atoms with Crippen molar-refractivity contribution in [1.29, 1.82) is 0 Å². The molecular formula is C16H14O5S2. The third-order valence-corrected chi connectivity index (χ3v) is 6.11. The van der Waals surface area contributed by atoms with Crippen LogP contribution in [0.2, 0.25) is 0 Å². The molecule has 120 valence electrons. The van der Waals surface area contributed by atoms with Gasteiger partial charge >= 0.3 is 0 Å². The maximum Gasteiger partial charge on any atom is 0.297 e. The van der Waals surface area contributed by atoms with Gasteiger partial charge in [-0.25, -0.2) is 8.42 Å². The van der Waals surface area contributed by atoms with Crippen LogP contribution in [0.1, 0.15) is 0 Å². The lowest BCUT2D eigenvalue weighted by molar-refractivity contribution is 0.279. The number of sulfone groups is 1. The Morgan fingerprint density at radius 3 is 2.09 bits per heavy atom. The fourth-order valence-corrected chi connectivity index (χ4v) is 4.56. The van der Waals surface area contributed by atoms with Gasteiger partial charge in [0.1, 0.15) is 6.10 Å². The minimum absolute atomic E-state index is 0.00474. The second kappa shape index (κ2) is 5.92. The highest BCUT2D eigenvalue weighted by atomic mass is 32.2. The average Bonchev–Trinajstić information content (AvgIpc) is 2.86. The van der Waals surface area contributed by atoms with Gasteiger partial charge < -0.3 is 0 Å². The molecule has 5 nitrogen and oxygen atoms in total. The summed E-state index contributed by atoms with van der Waals surface area (Å²) in [4.78, 5) is -0.00474. The summed E-state index contributed by atoms with van der Waals surface area (Å²) < 4.78 is 52.0. The van der Waals surface area contributed by atoms with Crippen molar-refractivity contribution >= 4 is 20.0 Å². The Balaban J connectivity index is 1.80. The van der Waals surface area contributed by atoms with Crippen LogP contribution in [0.15, 0.2) is 71.0 Å². The second-order valence-corrected chi connectivity index (χ2v) is 8.64. The summed E-state index contributed by atoms with van der Waals surface area (Å²) in [5.74, 6) is -0.353. The van der Waals surface area contributed by atoms with Gasteiger partial charge in [0.25, 0.3) is 10.1 Å². The third kappa shape index (κ3) is 3.69. The van der Waals surface area contributed by atoms with Crippen LogP contribution in [0.5, 0.6) is 0 Å². The van der Waals surface area contributed by atoms with Crippen LogP contribution in [0.3, 0.4) is 0 Å². The van der Waals surface area contributed by atoms with E-state index in [2.05, 4.69) is 0 Å². The third-order valence-electron chi connectivity index (χ3n) is 3.40. The lowest BCUT2D eigenvalue weighted by Gasteiger charge is -2.10. The lowest BCUT2D eigenvalue weighted by Crippen LogP contribution is -2.20. The summed E-state index contributed by atoms with van der Waals surface area (Å²) in [5.41, 5.74) is 1.86. The molecule has 1 aliphatic rings. The van der Waals surface area contributed by atoms with Gasteiger partial charge in [-0.15, -0.1) is 0 Å². The van der Waals surface area contributed by atoms with Gasteiger partial charge in [-0.2, -0.15) is 8.42 Å². The lowest BCUT2D eigenvalue weighted by atomic mass is 10.1. The first kappa shape index (κ1) is 15.9. The Morgan fingerprint density at radius 2 is 1.52 bits per heavy atom. The summed E-state index contributed by atoms with van der Waals surface area (Å²) in [7, 11) is -7.37. The maximum atomic E-state index is 12.2. The van der Waals surface area contributed by atoms with Crippen molar-refractivity contribution < 1.29 is 21.0 Å². The molecule has 0 radical (unpaired) electrons. The van der Waals surface area contributed by atoms with Gasteiger partial charge in [0.05, 0.1) is 10.6 Å². The number of hydrogen-bond donors (Lipinski definition) is 0. The zero-order valence-electron chi connectivity index (χ0n) is 12.0. The van der Waals surface area contributed by atoms with Crippen LogP contribution in [-0.2, 0) is 24.1 Å². The zero-order valence-corrected chi connectivity index (χ0v) is 13.6. The first-order chi connectivity index (χ1) is 10.9. The molecule has 0 fully saturated rings.